The first-order valence-electron chi connectivity index (χ1n) is 10.6. The number of carbonyl (C=O) groups excluding carboxylic acids is 1. The first kappa shape index (κ1) is 23.1. The number of benzene rings is 2. The summed E-state index contributed by atoms with van der Waals surface area (Å²) in [4.78, 5) is 14.6. The maximum Gasteiger partial charge on any atom is 0.416 e. The van der Waals surface area contributed by atoms with Crippen molar-refractivity contribution in [1.29, 1.82) is 0 Å². The fourth-order valence-corrected chi connectivity index (χ4v) is 3.99. The van der Waals surface area contributed by atoms with E-state index >= 15 is 0 Å². The van der Waals surface area contributed by atoms with Crippen LogP contribution in [0.1, 0.15) is 42.4 Å². The molecule has 0 unspecified atom stereocenters. The van der Waals surface area contributed by atoms with Crippen LogP contribution in [0.2, 0.25) is 0 Å². The molecule has 0 aliphatic carbocycles. The molecule has 3 rings (SSSR count). The van der Waals surface area contributed by atoms with E-state index in [1.807, 2.05) is 18.2 Å². The highest BCUT2D eigenvalue weighted by Gasteiger charge is 2.30. The summed E-state index contributed by atoms with van der Waals surface area (Å²) in [6.07, 6.45) is -1.10. The van der Waals surface area contributed by atoms with Crippen LogP contribution >= 0.6 is 0 Å². The number of rotatable bonds is 8. The predicted molar refractivity (Wildman–Crippen MR) is 114 cm³/mol. The standard InChI is InChI=1S/C24H29F3N2O2/c1-31-22-8-3-2-6-20(22)17-29-13-11-18(12-14-29)9-10-23(30)28-16-19-5-4-7-21(15-19)24(25,26)27/h2-8,15,18H,9-14,16-17H2,1H3,(H,28,30). The van der Waals surface area contributed by atoms with E-state index in [2.05, 4.69) is 16.3 Å². The largest absolute Gasteiger partial charge is 0.496 e. The number of amides is 1. The average Bonchev–Trinajstić information content (AvgIpc) is 2.77. The van der Waals surface area contributed by atoms with Crippen molar-refractivity contribution in [3.63, 3.8) is 0 Å². The summed E-state index contributed by atoms with van der Waals surface area (Å²) in [5.74, 6) is 1.28. The highest BCUT2D eigenvalue weighted by Crippen LogP contribution is 2.29. The molecule has 1 heterocycles. The van der Waals surface area contributed by atoms with E-state index in [0.717, 1.165) is 56.8 Å². The van der Waals surface area contributed by atoms with Crippen molar-refractivity contribution in [1.82, 2.24) is 10.2 Å². The molecule has 0 radical (unpaired) electrons. The van der Waals surface area contributed by atoms with Crippen LogP contribution < -0.4 is 10.1 Å². The van der Waals surface area contributed by atoms with Crippen molar-refractivity contribution >= 4 is 5.91 Å². The molecule has 1 aliphatic rings. The predicted octanol–water partition coefficient (Wildman–Crippen LogP) is 5.02. The molecule has 4 nitrogen and oxygen atoms in total. The van der Waals surface area contributed by atoms with Gasteiger partial charge in [0.1, 0.15) is 5.75 Å². The van der Waals surface area contributed by atoms with Crippen LogP contribution in [0, 0.1) is 5.92 Å². The minimum atomic E-state index is -4.37. The van der Waals surface area contributed by atoms with Crippen LogP contribution in [0.15, 0.2) is 48.5 Å². The molecular weight excluding hydrogens is 405 g/mol. The van der Waals surface area contributed by atoms with E-state index in [1.165, 1.54) is 11.6 Å². The highest BCUT2D eigenvalue weighted by atomic mass is 19.4. The maximum absolute atomic E-state index is 12.8. The zero-order valence-electron chi connectivity index (χ0n) is 17.8. The minimum absolute atomic E-state index is 0.111. The SMILES string of the molecule is COc1ccccc1CN1CCC(CCC(=O)NCc2cccc(C(F)(F)F)c2)CC1. The summed E-state index contributed by atoms with van der Waals surface area (Å²) >= 11 is 0. The van der Waals surface area contributed by atoms with Gasteiger partial charge in [0.2, 0.25) is 5.91 Å². The molecule has 1 amide bonds. The van der Waals surface area contributed by atoms with E-state index < -0.39 is 11.7 Å². The van der Waals surface area contributed by atoms with Crippen molar-refractivity contribution in [3.8, 4) is 5.75 Å². The van der Waals surface area contributed by atoms with E-state index in [0.29, 0.717) is 17.9 Å². The first-order valence-corrected chi connectivity index (χ1v) is 10.6. The molecule has 2 aromatic rings. The van der Waals surface area contributed by atoms with Crippen LogP contribution in [-0.4, -0.2) is 31.0 Å². The molecule has 1 fully saturated rings. The number of para-hydroxylation sites is 1. The summed E-state index contributed by atoms with van der Waals surface area (Å²) in [5, 5.41) is 2.74. The topological polar surface area (TPSA) is 41.6 Å². The number of hydrogen-bond acceptors (Lipinski definition) is 3. The number of alkyl halides is 3. The number of nitrogens with one attached hydrogen (secondary N) is 1. The van der Waals surface area contributed by atoms with Crippen molar-refractivity contribution < 1.29 is 22.7 Å². The molecule has 31 heavy (non-hydrogen) atoms. The van der Waals surface area contributed by atoms with Gasteiger partial charge in [0.05, 0.1) is 12.7 Å². The highest BCUT2D eigenvalue weighted by molar-refractivity contribution is 5.75. The Balaban J connectivity index is 1.37. The van der Waals surface area contributed by atoms with Crippen molar-refractivity contribution in [2.45, 2.75) is 44.9 Å². The van der Waals surface area contributed by atoms with Gasteiger partial charge in [0.25, 0.3) is 0 Å². The summed E-state index contributed by atoms with van der Waals surface area (Å²) in [6.45, 7) is 2.93. The summed E-state index contributed by atoms with van der Waals surface area (Å²) in [7, 11) is 1.68. The number of carbonyl (C=O) groups is 1. The summed E-state index contributed by atoms with van der Waals surface area (Å²) in [6, 6.07) is 13.1. The second-order valence-corrected chi connectivity index (χ2v) is 8.04. The second kappa shape index (κ2) is 10.7. The van der Waals surface area contributed by atoms with Gasteiger partial charge in [0, 0.05) is 25.1 Å². The van der Waals surface area contributed by atoms with Crippen molar-refractivity contribution in [2.24, 2.45) is 5.92 Å². The maximum atomic E-state index is 12.8. The summed E-state index contributed by atoms with van der Waals surface area (Å²) in [5.41, 5.74) is 0.935. The van der Waals surface area contributed by atoms with E-state index in [1.54, 1.807) is 13.2 Å². The molecule has 2 aromatic carbocycles. The minimum Gasteiger partial charge on any atom is -0.496 e. The van der Waals surface area contributed by atoms with Gasteiger partial charge in [-0.1, -0.05) is 30.3 Å². The molecule has 0 atom stereocenters. The van der Waals surface area contributed by atoms with Gasteiger partial charge < -0.3 is 10.1 Å². The lowest BCUT2D eigenvalue weighted by Gasteiger charge is -2.32. The van der Waals surface area contributed by atoms with Crippen LogP contribution in [0.3, 0.4) is 0 Å². The lowest BCUT2D eigenvalue weighted by molar-refractivity contribution is -0.137. The zero-order valence-corrected chi connectivity index (χ0v) is 17.8. The van der Waals surface area contributed by atoms with Gasteiger partial charge in [-0.15, -0.1) is 0 Å². The van der Waals surface area contributed by atoms with Gasteiger partial charge in [-0.05, 0) is 62.0 Å². The normalized spacial score (nSPS) is 15.6. The molecule has 0 bridgehead atoms. The van der Waals surface area contributed by atoms with Crippen LogP contribution in [-0.2, 0) is 24.1 Å². The van der Waals surface area contributed by atoms with Crippen LogP contribution in [0.5, 0.6) is 5.75 Å². The molecule has 7 heteroatoms. The Morgan fingerprint density at radius 2 is 1.87 bits per heavy atom. The van der Waals surface area contributed by atoms with E-state index in [4.69, 9.17) is 4.74 Å². The van der Waals surface area contributed by atoms with Gasteiger partial charge in [0.15, 0.2) is 0 Å². The molecule has 1 saturated heterocycles. The Bertz CT molecular complexity index is 862. The zero-order chi connectivity index (χ0) is 22.3. The smallest absolute Gasteiger partial charge is 0.416 e. The number of methoxy groups -OCH3 is 1. The molecule has 0 aromatic heterocycles. The Labute approximate surface area is 181 Å². The van der Waals surface area contributed by atoms with Crippen LogP contribution in [0.4, 0.5) is 13.2 Å². The molecule has 168 valence electrons. The van der Waals surface area contributed by atoms with Crippen molar-refractivity contribution in [2.75, 3.05) is 20.2 Å². The van der Waals surface area contributed by atoms with Gasteiger partial charge >= 0.3 is 6.18 Å². The Morgan fingerprint density at radius 1 is 1.13 bits per heavy atom. The Morgan fingerprint density at radius 3 is 2.58 bits per heavy atom. The average molecular weight is 435 g/mol. The van der Waals surface area contributed by atoms with Crippen LogP contribution in [0.25, 0.3) is 0 Å². The third-order valence-corrected chi connectivity index (χ3v) is 5.82. The lowest BCUT2D eigenvalue weighted by Crippen LogP contribution is -2.34. The number of hydrogen-bond donors (Lipinski definition) is 1. The fourth-order valence-electron chi connectivity index (χ4n) is 3.99. The molecule has 0 saturated carbocycles. The van der Waals surface area contributed by atoms with E-state index in [-0.39, 0.29) is 12.5 Å². The number of nitrogens with zero attached hydrogens (tertiary/aromatic N) is 1. The first-order chi connectivity index (χ1) is 14.8. The fraction of sp³-hybridized carbons (Fsp3) is 0.458. The number of piperidine rings is 1. The third kappa shape index (κ3) is 6.99. The van der Waals surface area contributed by atoms with Gasteiger partial charge in [-0.2, -0.15) is 13.2 Å². The second-order valence-electron chi connectivity index (χ2n) is 8.04. The Kier molecular flexibility index (Phi) is 7.96. The number of ether oxygens (including phenoxy) is 1. The molecule has 1 N–H and O–H groups in total. The number of halogens is 3. The van der Waals surface area contributed by atoms with Gasteiger partial charge in [-0.3, -0.25) is 9.69 Å². The van der Waals surface area contributed by atoms with E-state index in [9.17, 15) is 18.0 Å². The van der Waals surface area contributed by atoms with Gasteiger partial charge in [-0.25, -0.2) is 0 Å². The number of likely N-dealkylation sites (tertiary alicyclic amines) is 1. The lowest BCUT2D eigenvalue weighted by atomic mass is 9.92. The quantitative estimate of drug-likeness (QED) is 0.634. The Hall–Kier alpha value is -2.54. The molecule has 1 aliphatic heterocycles. The monoisotopic (exact) mass is 434 g/mol. The molecule has 0 spiro atoms. The van der Waals surface area contributed by atoms with Crippen molar-refractivity contribution in [3.05, 3.63) is 65.2 Å². The molecular formula is C24H29F3N2O2. The summed E-state index contributed by atoms with van der Waals surface area (Å²) < 4.78 is 43.8. The third-order valence-electron chi connectivity index (χ3n) is 5.82.